The molecule has 1 aromatic heterocycles. The van der Waals surface area contributed by atoms with Gasteiger partial charge >= 0.3 is 0 Å². The third-order valence-corrected chi connectivity index (χ3v) is 4.35. The number of likely N-dealkylation sites (tertiary alicyclic amines) is 1. The van der Waals surface area contributed by atoms with E-state index in [2.05, 4.69) is 50.6 Å². The first kappa shape index (κ1) is 15.6. The van der Waals surface area contributed by atoms with Gasteiger partial charge in [-0.15, -0.1) is 0 Å². The summed E-state index contributed by atoms with van der Waals surface area (Å²) in [4.78, 5) is 10.8. The highest BCUT2D eigenvalue weighted by Crippen LogP contribution is 2.15. The second kappa shape index (κ2) is 7.31. The van der Waals surface area contributed by atoms with E-state index < -0.39 is 0 Å². The van der Waals surface area contributed by atoms with Crippen molar-refractivity contribution < 1.29 is 0 Å². The molecule has 0 amide bonds. The van der Waals surface area contributed by atoms with Gasteiger partial charge in [-0.3, -0.25) is 0 Å². The van der Waals surface area contributed by atoms with Crippen molar-refractivity contribution in [3.8, 4) is 0 Å². The molecule has 0 aliphatic carbocycles. The highest BCUT2D eigenvalue weighted by atomic mass is 15.3. The Labute approximate surface area is 137 Å². The highest BCUT2D eigenvalue weighted by Gasteiger charge is 2.17. The van der Waals surface area contributed by atoms with Gasteiger partial charge in [-0.2, -0.15) is 0 Å². The lowest BCUT2D eigenvalue weighted by molar-refractivity contribution is 0.270. The fourth-order valence-electron chi connectivity index (χ4n) is 3.01. The molecule has 0 spiro atoms. The van der Waals surface area contributed by atoms with E-state index in [-0.39, 0.29) is 0 Å². The molecule has 1 saturated heterocycles. The largest absolute Gasteiger partial charge is 0.370 e. The summed E-state index contributed by atoms with van der Waals surface area (Å²) in [6.07, 6.45) is 8.10. The van der Waals surface area contributed by atoms with Crippen molar-refractivity contribution in [1.82, 2.24) is 14.5 Å². The van der Waals surface area contributed by atoms with Crippen molar-refractivity contribution >= 4 is 5.96 Å². The van der Waals surface area contributed by atoms with Crippen molar-refractivity contribution in [2.75, 3.05) is 13.1 Å². The predicted octanol–water partition coefficient (Wildman–Crippen LogP) is 2.48. The van der Waals surface area contributed by atoms with Gasteiger partial charge in [0.15, 0.2) is 5.96 Å². The van der Waals surface area contributed by atoms with Crippen molar-refractivity contribution in [3.05, 3.63) is 54.1 Å². The van der Waals surface area contributed by atoms with E-state index in [4.69, 9.17) is 5.73 Å². The van der Waals surface area contributed by atoms with Gasteiger partial charge < -0.3 is 15.2 Å². The third kappa shape index (κ3) is 4.34. The first-order valence-electron chi connectivity index (χ1n) is 8.29. The molecular weight excluding hydrogens is 286 g/mol. The van der Waals surface area contributed by atoms with Gasteiger partial charge in [0.2, 0.25) is 0 Å². The summed E-state index contributed by atoms with van der Waals surface area (Å²) >= 11 is 0. The zero-order valence-electron chi connectivity index (χ0n) is 13.7. The average Bonchev–Trinajstić information content (AvgIpc) is 3.07. The van der Waals surface area contributed by atoms with E-state index in [1.807, 2.05) is 12.5 Å². The van der Waals surface area contributed by atoms with Crippen LogP contribution in [-0.2, 0) is 13.1 Å². The van der Waals surface area contributed by atoms with Crippen molar-refractivity contribution in [3.63, 3.8) is 0 Å². The second-order valence-electron chi connectivity index (χ2n) is 6.42. The van der Waals surface area contributed by atoms with Crippen LogP contribution >= 0.6 is 0 Å². The Morgan fingerprint density at radius 3 is 2.78 bits per heavy atom. The number of piperidine rings is 1. The van der Waals surface area contributed by atoms with Crippen molar-refractivity contribution in [2.45, 2.75) is 32.9 Å². The van der Waals surface area contributed by atoms with Crippen LogP contribution in [0.25, 0.3) is 0 Å². The van der Waals surface area contributed by atoms with Crippen LogP contribution in [0, 0.1) is 5.92 Å². The molecular formula is C18H25N5. The van der Waals surface area contributed by atoms with E-state index in [0.29, 0.717) is 18.4 Å². The molecule has 5 heteroatoms. The zero-order chi connectivity index (χ0) is 16.1. The normalized spacial score (nSPS) is 19.1. The highest BCUT2D eigenvalue weighted by molar-refractivity contribution is 5.78. The SMILES string of the molecule is CC1CCCN(C(N)=NCc2ccc(Cn3ccnc3)cc2)C1. The minimum Gasteiger partial charge on any atom is -0.370 e. The zero-order valence-corrected chi connectivity index (χ0v) is 13.7. The predicted molar refractivity (Wildman–Crippen MR) is 93.1 cm³/mol. The summed E-state index contributed by atoms with van der Waals surface area (Å²) < 4.78 is 2.06. The van der Waals surface area contributed by atoms with Crippen molar-refractivity contribution in [2.24, 2.45) is 16.6 Å². The van der Waals surface area contributed by atoms with E-state index in [0.717, 1.165) is 19.6 Å². The number of rotatable bonds is 4. The quantitative estimate of drug-likeness (QED) is 0.697. The van der Waals surface area contributed by atoms with Gasteiger partial charge in [0.1, 0.15) is 0 Å². The van der Waals surface area contributed by atoms with Crippen LogP contribution < -0.4 is 5.73 Å². The lowest BCUT2D eigenvalue weighted by atomic mass is 10.0. The first-order chi connectivity index (χ1) is 11.2. The maximum absolute atomic E-state index is 6.14. The number of aliphatic imine (C=N–C) groups is 1. The number of nitrogens with two attached hydrogens (primary N) is 1. The van der Waals surface area contributed by atoms with E-state index in [1.165, 1.54) is 24.0 Å². The molecule has 1 atom stereocenters. The molecule has 1 unspecified atom stereocenters. The van der Waals surface area contributed by atoms with Crippen LogP contribution in [0.1, 0.15) is 30.9 Å². The van der Waals surface area contributed by atoms with Crippen LogP contribution in [0.5, 0.6) is 0 Å². The van der Waals surface area contributed by atoms with E-state index in [1.54, 1.807) is 6.20 Å². The molecule has 1 aromatic carbocycles. The summed E-state index contributed by atoms with van der Waals surface area (Å²) in [6, 6.07) is 8.54. The molecule has 5 nitrogen and oxygen atoms in total. The topological polar surface area (TPSA) is 59.4 Å². The van der Waals surface area contributed by atoms with Crippen LogP contribution in [0.15, 0.2) is 48.0 Å². The van der Waals surface area contributed by atoms with Crippen molar-refractivity contribution in [1.29, 1.82) is 0 Å². The number of benzene rings is 1. The summed E-state index contributed by atoms with van der Waals surface area (Å²) in [7, 11) is 0. The molecule has 3 rings (SSSR count). The lowest BCUT2D eigenvalue weighted by Gasteiger charge is -2.31. The first-order valence-corrected chi connectivity index (χ1v) is 8.29. The molecule has 0 saturated carbocycles. The lowest BCUT2D eigenvalue weighted by Crippen LogP contribution is -2.43. The number of nitrogens with zero attached hydrogens (tertiary/aromatic N) is 4. The minimum absolute atomic E-state index is 0.641. The summed E-state index contributed by atoms with van der Waals surface area (Å²) in [5, 5.41) is 0. The van der Waals surface area contributed by atoms with Gasteiger partial charge in [0.25, 0.3) is 0 Å². The third-order valence-electron chi connectivity index (χ3n) is 4.35. The molecule has 23 heavy (non-hydrogen) atoms. The fourth-order valence-corrected chi connectivity index (χ4v) is 3.01. The molecule has 1 fully saturated rings. The molecule has 0 radical (unpaired) electrons. The van der Waals surface area contributed by atoms with Gasteiger partial charge in [0.05, 0.1) is 12.9 Å². The molecule has 2 N–H and O–H groups in total. The summed E-state index contributed by atoms with van der Waals surface area (Å²) in [5.74, 6) is 1.39. The minimum atomic E-state index is 0.641. The van der Waals surface area contributed by atoms with Gasteiger partial charge in [0, 0.05) is 32.0 Å². The molecule has 122 valence electrons. The van der Waals surface area contributed by atoms with Gasteiger partial charge in [-0.05, 0) is 29.9 Å². The summed E-state index contributed by atoms with van der Waals surface area (Å²) in [5.41, 5.74) is 8.59. The van der Waals surface area contributed by atoms with Gasteiger partial charge in [-0.25, -0.2) is 9.98 Å². The van der Waals surface area contributed by atoms with Crippen LogP contribution in [-0.4, -0.2) is 33.5 Å². The Morgan fingerprint density at radius 2 is 2.09 bits per heavy atom. The second-order valence-corrected chi connectivity index (χ2v) is 6.42. The fraction of sp³-hybridized carbons (Fsp3) is 0.444. The Bertz CT molecular complexity index is 630. The van der Waals surface area contributed by atoms with E-state index >= 15 is 0 Å². The smallest absolute Gasteiger partial charge is 0.191 e. The maximum atomic E-state index is 6.14. The van der Waals surface area contributed by atoms with Crippen LogP contribution in [0.4, 0.5) is 0 Å². The molecule has 0 bridgehead atoms. The number of hydrogen-bond donors (Lipinski definition) is 1. The molecule has 1 aliphatic rings. The maximum Gasteiger partial charge on any atom is 0.191 e. The number of imidazole rings is 1. The standard InChI is InChI=1S/C18H25N5/c1-15-3-2-9-23(12-15)18(19)21-11-16-4-6-17(7-5-16)13-22-10-8-20-14-22/h4-8,10,14-15H,2-3,9,11-13H2,1H3,(H2,19,21). The Kier molecular flexibility index (Phi) is 4.95. The van der Waals surface area contributed by atoms with Crippen LogP contribution in [0.3, 0.4) is 0 Å². The molecule has 2 aromatic rings. The Hall–Kier alpha value is -2.30. The summed E-state index contributed by atoms with van der Waals surface area (Å²) in [6.45, 7) is 5.82. The number of guanidine groups is 1. The Morgan fingerprint density at radius 1 is 1.30 bits per heavy atom. The van der Waals surface area contributed by atoms with Crippen LogP contribution in [0.2, 0.25) is 0 Å². The monoisotopic (exact) mass is 311 g/mol. The van der Waals surface area contributed by atoms with E-state index in [9.17, 15) is 0 Å². The number of aromatic nitrogens is 2. The molecule has 1 aliphatic heterocycles. The number of hydrogen-bond acceptors (Lipinski definition) is 2. The van der Waals surface area contributed by atoms with Gasteiger partial charge in [-0.1, -0.05) is 31.2 Å². The molecule has 2 heterocycles. The Balaban J connectivity index is 1.56. The average molecular weight is 311 g/mol.